The van der Waals surface area contributed by atoms with E-state index in [1.807, 2.05) is 6.92 Å². The fourth-order valence-corrected chi connectivity index (χ4v) is 2.03. The van der Waals surface area contributed by atoms with E-state index in [9.17, 15) is 8.78 Å². The van der Waals surface area contributed by atoms with Gasteiger partial charge in [0.15, 0.2) is 0 Å². The van der Waals surface area contributed by atoms with Crippen molar-refractivity contribution >= 4 is 0 Å². The lowest BCUT2D eigenvalue weighted by molar-refractivity contribution is 0.595. The van der Waals surface area contributed by atoms with E-state index in [0.29, 0.717) is 11.1 Å². The molecule has 94 valence electrons. The van der Waals surface area contributed by atoms with Gasteiger partial charge in [-0.25, -0.2) is 8.78 Å². The van der Waals surface area contributed by atoms with E-state index in [2.05, 4.69) is 0 Å². The van der Waals surface area contributed by atoms with Crippen LogP contribution in [0.4, 0.5) is 8.78 Å². The highest BCUT2D eigenvalue weighted by Gasteiger charge is 2.14. The van der Waals surface area contributed by atoms with Crippen LogP contribution in [0.15, 0.2) is 36.4 Å². The molecule has 1 unspecified atom stereocenters. The van der Waals surface area contributed by atoms with Gasteiger partial charge in [-0.2, -0.15) is 0 Å². The molecule has 0 aliphatic carbocycles. The summed E-state index contributed by atoms with van der Waals surface area (Å²) in [5.74, 6) is -0.719. The Labute approximate surface area is 105 Å². The third-order valence-electron chi connectivity index (χ3n) is 2.91. The summed E-state index contributed by atoms with van der Waals surface area (Å²) in [6.07, 6.45) is 0. The van der Waals surface area contributed by atoms with Crippen molar-refractivity contribution in [3.05, 3.63) is 70.3 Å². The molecule has 0 aliphatic heterocycles. The molecule has 1 nitrogen and oxygen atoms in total. The third-order valence-corrected chi connectivity index (χ3v) is 2.91. The maximum atomic E-state index is 13.7. The molecule has 0 fully saturated rings. The van der Waals surface area contributed by atoms with Crippen molar-refractivity contribution in [2.24, 2.45) is 5.73 Å². The molecule has 0 radical (unpaired) electrons. The van der Waals surface area contributed by atoms with Gasteiger partial charge < -0.3 is 5.73 Å². The van der Waals surface area contributed by atoms with Crippen molar-refractivity contribution in [3.8, 4) is 0 Å². The minimum Gasteiger partial charge on any atom is -0.320 e. The summed E-state index contributed by atoms with van der Waals surface area (Å²) in [6.45, 7) is 3.65. The molecule has 0 bridgehead atoms. The molecule has 0 spiro atoms. The lowest BCUT2D eigenvalue weighted by Gasteiger charge is -2.15. The first-order valence-corrected chi connectivity index (χ1v) is 5.76. The number of benzene rings is 2. The van der Waals surface area contributed by atoms with Gasteiger partial charge in [-0.05, 0) is 43.2 Å². The van der Waals surface area contributed by atoms with Crippen molar-refractivity contribution in [3.63, 3.8) is 0 Å². The molecule has 0 aliphatic rings. The lowest BCUT2D eigenvalue weighted by Crippen LogP contribution is -2.14. The lowest BCUT2D eigenvalue weighted by atomic mass is 9.96. The highest BCUT2D eigenvalue weighted by Crippen LogP contribution is 2.24. The summed E-state index contributed by atoms with van der Waals surface area (Å²) in [6, 6.07) is 8.65. The van der Waals surface area contributed by atoms with Gasteiger partial charge >= 0.3 is 0 Å². The van der Waals surface area contributed by atoms with E-state index in [4.69, 9.17) is 5.73 Å². The Hall–Kier alpha value is -1.74. The fraction of sp³-hybridized carbons (Fsp3) is 0.200. The van der Waals surface area contributed by atoms with Crippen LogP contribution in [0.5, 0.6) is 0 Å². The monoisotopic (exact) mass is 247 g/mol. The second-order valence-electron chi connectivity index (χ2n) is 4.56. The van der Waals surface area contributed by atoms with Crippen LogP contribution in [0.1, 0.15) is 28.3 Å². The van der Waals surface area contributed by atoms with Gasteiger partial charge in [-0.1, -0.05) is 23.8 Å². The van der Waals surface area contributed by atoms with E-state index >= 15 is 0 Å². The quantitative estimate of drug-likeness (QED) is 0.861. The number of hydrogen-bond donors (Lipinski definition) is 1. The molecule has 2 aromatic carbocycles. The zero-order valence-electron chi connectivity index (χ0n) is 10.4. The van der Waals surface area contributed by atoms with Gasteiger partial charge in [0.25, 0.3) is 0 Å². The van der Waals surface area contributed by atoms with Crippen LogP contribution < -0.4 is 5.73 Å². The van der Waals surface area contributed by atoms with Crippen molar-refractivity contribution < 1.29 is 8.78 Å². The standard InChI is InChI=1S/C15H15F2N/c1-9-3-4-14(17)13(7-9)15(18)11-5-10(2)6-12(16)8-11/h3-8,15H,18H2,1-2H3. The zero-order valence-corrected chi connectivity index (χ0v) is 10.4. The second-order valence-corrected chi connectivity index (χ2v) is 4.56. The molecule has 0 saturated heterocycles. The van der Waals surface area contributed by atoms with Crippen LogP contribution in [-0.2, 0) is 0 Å². The Morgan fingerprint density at radius 2 is 1.67 bits per heavy atom. The Morgan fingerprint density at radius 3 is 2.33 bits per heavy atom. The Morgan fingerprint density at radius 1 is 0.944 bits per heavy atom. The van der Waals surface area contributed by atoms with Crippen LogP contribution in [0, 0.1) is 25.5 Å². The van der Waals surface area contributed by atoms with Crippen LogP contribution in [0.3, 0.4) is 0 Å². The average molecular weight is 247 g/mol. The zero-order chi connectivity index (χ0) is 13.3. The molecule has 0 amide bonds. The summed E-state index contributed by atoms with van der Waals surface area (Å²) < 4.78 is 27.1. The summed E-state index contributed by atoms with van der Waals surface area (Å²) in [5, 5.41) is 0. The molecular weight excluding hydrogens is 232 g/mol. The summed E-state index contributed by atoms with van der Waals surface area (Å²) in [5.41, 5.74) is 8.68. The first kappa shape index (κ1) is 12.7. The average Bonchev–Trinajstić information content (AvgIpc) is 2.30. The SMILES string of the molecule is Cc1cc(F)cc(C(N)c2cc(C)ccc2F)c1. The predicted octanol–water partition coefficient (Wildman–Crippen LogP) is 3.63. The number of nitrogens with two attached hydrogens (primary N) is 1. The van der Waals surface area contributed by atoms with Gasteiger partial charge in [-0.3, -0.25) is 0 Å². The molecule has 2 rings (SSSR count). The molecule has 2 aromatic rings. The topological polar surface area (TPSA) is 26.0 Å². The Balaban J connectivity index is 2.47. The van der Waals surface area contributed by atoms with E-state index in [1.165, 1.54) is 18.2 Å². The van der Waals surface area contributed by atoms with Crippen molar-refractivity contribution in [1.82, 2.24) is 0 Å². The number of rotatable bonds is 2. The van der Waals surface area contributed by atoms with Crippen LogP contribution >= 0.6 is 0 Å². The molecule has 0 heterocycles. The molecular formula is C15H15F2N. The third kappa shape index (κ3) is 2.57. The number of aryl methyl sites for hydroxylation is 2. The van der Waals surface area contributed by atoms with Gasteiger partial charge in [-0.15, -0.1) is 0 Å². The van der Waals surface area contributed by atoms with E-state index in [1.54, 1.807) is 25.1 Å². The molecule has 2 N–H and O–H groups in total. The first-order valence-electron chi connectivity index (χ1n) is 5.76. The van der Waals surface area contributed by atoms with Crippen LogP contribution in [0.2, 0.25) is 0 Å². The number of halogens is 2. The van der Waals surface area contributed by atoms with Gasteiger partial charge in [0.2, 0.25) is 0 Å². The smallest absolute Gasteiger partial charge is 0.128 e. The normalized spacial score (nSPS) is 12.5. The maximum absolute atomic E-state index is 13.7. The van der Waals surface area contributed by atoms with Crippen molar-refractivity contribution in [1.29, 1.82) is 0 Å². The highest BCUT2D eigenvalue weighted by molar-refractivity contribution is 5.36. The predicted molar refractivity (Wildman–Crippen MR) is 68.3 cm³/mol. The maximum Gasteiger partial charge on any atom is 0.128 e. The summed E-state index contributed by atoms with van der Waals surface area (Å²) >= 11 is 0. The van der Waals surface area contributed by atoms with Crippen LogP contribution in [-0.4, -0.2) is 0 Å². The molecule has 0 aromatic heterocycles. The van der Waals surface area contributed by atoms with Gasteiger partial charge in [0, 0.05) is 5.56 Å². The number of hydrogen-bond acceptors (Lipinski definition) is 1. The van der Waals surface area contributed by atoms with Gasteiger partial charge in [0.05, 0.1) is 6.04 Å². The van der Waals surface area contributed by atoms with Crippen molar-refractivity contribution in [2.45, 2.75) is 19.9 Å². The van der Waals surface area contributed by atoms with E-state index < -0.39 is 6.04 Å². The Kier molecular flexibility index (Phi) is 3.43. The minimum atomic E-state index is -0.653. The van der Waals surface area contributed by atoms with E-state index in [0.717, 1.165) is 11.1 Å². The van der Waals surface area contributed by atoms with Crippen molar-refractivity contribution in [2.75, 3.05) is 0 Å². The van der Waals surface area contributed by atoms with Crippen LogP contribution in [0.25, 0.3) is 0 Å². The summed E-state index contributed by atoms with van der Waals surface area (Å²) in [4.78, 5) is 0. The molecule has 0 saturated carbocycles. The molecule has 3 heteroatoms. The summed E-state index contributed by atoms with van der Waals surface area (Å²) in [7, 11) is 0. The Bertz CT molecular complexity index is 558. The molecule has 18 heavy (non-hydrogen) atoms. The second kappa shape index (κ2) is 4.86. The van der Waals surface area contributed by atoms with E-state index in [-0.39, 0.29) is 11.6 Å². The highest BCUT2D eigenvalue weighted by atomic mass is 19.1. The first-order chi connectivity index (χ1) is 8.47. The largest absolute Gasteiger partial charge is 0.320 e. The minimum absolute atomic E-state index is 0.353. The fourth-order valence-electron chi connectivity index (χ4n) is 2.03. The molecule has 1 atom stereocenters. The van der Waals surface area contributed by atoms with Gasteiger partial charge in [0.1, 0.15) is 11.6 Å².